The summed E-state index contributed by atoms with van der Waals surface area (Å²) in [5.74, 6) is -3.15. The van der Waals surface area contributed by atoms with Crippen LogP contribution in [0.15, 0.2) is 117 Å². The van der Waals surface area contributed by atoms with Gasteiger partial charge in [-0.1, -0.05) is 45.0 Å². The van der Waals surface area contributed by atoms with Gasteiger partial charge in [-0.05, 0) is 90.2 Å². The highest BCUT2D eigenvalue weighted by molar-refractivity contribution is 7.91. The highest BCUT2D eigenvalue weighted by atomic mass is 32.3. The first-order valence-electron chi connectivity index (χ1n) is 27.6. The fourth-order valence-corrected chi connectivity index (χ4v) is 11.7. The Morgan fingerprint density at radius 2 is 1.07 bits per heavy atom. The smallest absolute Gasteiger partial charge is 0.309 e. The van der Waals surface area contributed by atoms with Gasteiger partial charge in [-0.2, -0.15) is 0 Å². The van der Waals surface area contributed by atoms with Crippen molar-refractivity contribution in [2.45, 2.75) is 80.4 Å². The minimum Gasteiger partial charge on any atom is -0.493 e. The Labute approximate surface area is 530 Å². The standard InChI is InChI=1S/C30H33FN8O8S2.C25H26N8O8S2/c31-8-2-4-22-14-38(36-34-22)9-10-46-25-5-1-3-20(11-25)17-45-18-21(29(41)42)12-24(40)16-39-15-23(35-37-39)19-47-26-6-7-27-28(13-26)48-30(33-27)49(32,43)44;26-31-28-6-7-40-20-3-1-2-16(8-20)13-39-14-17(24(35)36)9-19(34)12-33-11-18(30-32-33)15-41-21-4-5-22-23(10-21)42-25(29-22)43(27,37)38/h1,3,5-7,11,13-15,21H,2,4,8-10,12,16-19H2,(H,41,42)(H2,32,43,44);1-5,8,10-11,17H,6-7,9,12-15H2,(H,35,36)(H2,27,37,38)/t21-;17-/m11/s1/i31-1;. The first-order chi connectivity index (χ1) is 44.2. The molecule has 0 aliphatic rings. The number of azide groups is 1. The number of hydrogen-bond donors (Lipinski definition) is 4. The molecule has 9 aromatic rings. The van der Waals surface area contributed by atoms with E-state index < -0.39 is 50.5 Å². The van der Waals surface area contributed by atoms with Crippen molar-refractivity contribution < 1.29 is 79.0 Å². The Kier molecular flexibility index (Phi) is 24.6. The van der Waals surface area contributed by atoms with Crippen molar-refractivity contribution >= 4 is 86.7 Å². The molecular formula is C55H59FN16O16S4. The molecule has 32 nitrogen and oxygen atoms in total. The number of fused-ring (bicyclic) bond motifs is 2. The Morgan fingerprint density at radius 1 is 0.609 bits per heavy atom. The molecule has 0 aliphatic carbocycles. The Bertz CT molecular complexity index is 4290. The second-order valence-corrected chi connectivity index (χ2v) is 25.5. The summed E-state index contributed by atoms with van der Waals surface area (Å²) in [4.78, 5) is 59.5. The second kappa shape index (κ2) is 33.0. The molecule has 2 atom stereocenters. The zero-order chi connectivity index (χ0) is 65.6. The van der Waals surface area contributed by atoms with Gasteiger partial charge >= 0.3 is 11.9 Å². The van der Waals surface area contributed by atoms with E-state index in [1.165, 1.54) is 21.8 Å². The second-order valence-electron chi connectivity index (χ2n) is 20.0. The average molecular weight is 1350 g/mol. The summed E-state index contributed by atoms with van der Waals surface area (Å²) in [5.41, 5.74) is 12.3. The van der Waals surface area contributed by atoms with E-state index in [2.05, 4.69) is 50.9 Å². The van der Waals surface area contributed by atoms with E-state index in [1.807, 2.05) is 6.07 Å². The number of aliphatic carboxylic acids is 2. The van der Waals surface area contributed by atoms with E-state index in [0.29, 0.717) is 80.8 Å². The normalized spacial score (nSPS) is 12.2. The molecule has 0 amide bonds. The van der Waals surface area contributed by atoms with Crippen LogP contribution < -0.4 is 29.2 Å². The number of nitrogens with two attached hydrogens (primary N) is 2. The van der Waals surface area contributed by atoms with Gasteiger partial charge in [0.25, 0.3) is 20.0 Å². The number of aryl methyl sites for hydroxylation is 1. The Balaban J connectivity index is 0.000000239. The number of nitrogens with zero attached hydrogens (tertiary/aromatic N) is 14. The largest absolute Gasteiger partial charge is 0.493 e. The lowest BCUT2D eigenvalue weighted by Crippen LogP contribution is -2.25. The zero-order valence-electron chi connectivity index (χ0n) is 48.5. The van der Waals surface area contributed by atoms with E-state index in [4.69, 9.17) is 44.2 Å². The van der Waals surface area contributed by atoms with Crippen molar-refractivity contribution in [1.82, 2.24) is 54.9 Å². The minimum absolute atomic E-state index is 0.0175. The number of sulfonamides is 2. The first-order valence-corrected chi connectivity index (χ1v) is 32.3. The van der Waals surface area contributed by atoms with Crippen molar-refractivity contribution in [3.05, 3.63) is 142 Å². The third-order valence-corrected chi connectivity index (χ3v) is 17.3. The summed E-state index contributed by atoms with van der Waals surface area (Å²) >= 11 is 1.85. The summed E-state index contributed by atoms with van der Waals surface area (Å²) in [5, 5.41) is 56.8. The summed E-state index contributed by atoms with van der Waals surface area (Å²) in [6.45, 7) is 0.327. The van der Waals surface area contributed by atoms with Crippen LogP contribution in [0.4, 0.5) is 4.39 Å². The molecule has 5 aromatic heterocycles. The van der Waals surface area contributed by atoms with Crippen LogP contribution in [-0.2, 0) is 101 Å². The molecule has 6 N–H and O–H groups in total. The van der Waals surface area contributed by atoms with E-state index in [1.54, 1.807) is 89.7 Å². The zero-order valence-corrected chi connectivity index (χ0v) is 51.8. The SMILES string of the molecule is NS(=O)(=O)c1nc2ccc(OCc3cn(CC(=O)C[C@H](COCc4cccc(OCCn5cc(CCC[18F])nn5)c4)C(=O)O)nn3)cc2s1.[N-]=[N+]=NCCOc1cccc(COC[C@@H](CC(=O)Cn2cc(COc3ccc4nc(S(N)(=O)=O)sc4c3)nn2)C(=O)O)c1. The van der Waals surface area contributed by atoms with Gasteiger partial charge in [-0.3, -0.25) is 23.6 Å². The van der Waals surface area contributed by atoms with Crippen molar-refractivity contribution in [1.29, 1.82) is 0 Å². The first kappa shape index (κ1) is 68.4. The Morgan fingerprint density at radius 3 is 1.53 bits per heavy atom. The maximum absolute atomic E-state index is 12.7. The molecule has 0 unspecified atom stereocenters. The van der Waals surface area contributed by atoms with Gasteiger partial charge in [0.15, 0.2) is 11.6 Å². The van der Waals surface area contributed by atoms with Crippen molar-refractivity contribution in [2.24, 2.45) is 27.2 Å². The van der Waals surface area contributed by atoms with Crippen LogP contribution in [0.25, 0.3) is 30.9 Å². The maximum Gasteiger partial charge on any atom is 0.309 e. The fourth-order valence-electron chi connectivity index (χ4n) is 8.35. The molecule has 5 heterocycles. The van der Waals surface area contributed by atoms with E-state index in [9.17, 15) is 50.6 Å². The molecular weight excluding hydrogens is 1290 g/mol. The van der Waals surface area contributed by atoms with Crippen LogP contribution in [0.3, 0.4) is 0 Å². The van der Waals surface area contributed by atoms with Gasteiger partial charge in [0, 0.05) is 24.0 Å². The summed E-state index contributed by atoms with van der Waals surface area (Å²) in [7, 11) is -7.83. The number of Topliss-reactive ketones (excluding diaryl/α,β-unsaturated/α-hetero) is 2. The molecule has 0 bridgehead atoms. The van der Waals surface area contributed by atoms with Crippen LogP contribution in [-0.4, -0.2) is 145 Å². The van der Waals surface area contributed by atoms with Gasteiger partial charge in [-0.25, -0.2) is 51.1 Å². The number of ether oxygens (including phenoxy) is 6. The third kappa shape index (κ3) is 21.6. The van der Waals surface area contributed by atoms with E-state index in [-0.39, 0.29) is 99.0 Å². The Hall–Kier alpha value is -9.46. The number of ketones is 2. The van der Waals surface area contributed by atoms with E-state index in [0.717, 1.165) is 39.5 Å². The summed E-state index contributed by atoms with van der Waals surface area (Å²) in [6.07, 6.45) is 5.19. The molecule has 486 valence electrons. The highest BCUT2D eigenvalue weighted by Gasteiger charge is 2.25. The third-order valence-electron chi connectivity index (χ3n) is 12.7. The number of benzene rings is 4. The average Bonchev–Trinajstić information content (AvgIpc) is 1.79. The molecule has 0 radical (unpaired) electrons. The number of alkyl halides is 1. The predicted octanol–water partition coefficient (Wildman–Crippen LogP) is 5.24. The lowest BCUT2D eigenvalue weighted by molar-refractivity contribution is -0.146. The molecule has 37 heteroatoms. The number of halogens is 1. The molecule has 4 aromatic carbocycles. The lowest BCUT2D eigenvalue weighted by Gasteiger charge is -2.13. The van der Waals surface area contributed by atoms with Crippen LogP contribution in [0.1, 0.15) is 47.5 Å². The fraction of sp³-hybridized carbons (Fsp3) is 0.345. The summed E-state index contributed by atoms with van der Waals surface area (Å²) < 4.78 is 97.4. The van der Waals surface area contributed by atoms with Crippen LogP contribution in [0, 0.1) is 11.8 Å². The molecule has 0 saturated heterocycles. The van der Waals surface area contributed by atoms with Crippen LogP contribution in [0.5, 0.6) is 23.0 Å². The minimum atomic E-state index is -3.92. The molecule has 0 spiro atoms. The molecule has 0 fully saturated rings. The molecule has 0 aliphatic heterocycles. The van der Waals surface area contributed by atoms with Crippen LogP contribution >= 0.6 is 22.7 Å². The topological polar surface area (TPSA) is 451 Å². The maximum atomic E-state index is 12.7. The van der Waals surface area contributed by atoms with Gasteiger partial charge < -0.3 is 38.6 Å². The number of carbonyl (C=O) groups excluding carboxylic acids is 2. The van der Waals surface area contributed by atoms with Gasteiger partial charge in [-0.15, -0.1) is 38.0 Å². The number of carboxylic acids is 2. The monoisotopic (exact) mass is 1350 g/mol. The predicted molar refractivity (Wildman–Crippen MR) is 324 cm³/mol. The number of carboxylic acid groups (broad SMARTS) is 2. The lowest BCUT2D eigenvalue weighted by atomic mass is 10.0. The highest BCUT2D eigenvalue weighted by Crippen LogP contribution is 2.30. The van der Waals surface area contributed by atoms with Crippen LogP contribution in [0.2, 0.25) is 0 Å². The number of carbonyl (C=O) groups is 4. The number of aromatic nitrogens is 11. The van der Waals surface area contributed by atoms with Crippen molar-refractivity contribution in [2.75, 3.05) is 39.6 Å². The molecule has 0 saturated carbocycles. The van der Waals surface area contributed by atoms with E-state index >= 15 is 0 Å². The van der Waals surface area contributed by atoms with Crippen molar-refractivity contribution in [3.63, 3.8) is 0 Å². The quantitative estimate of drug-likeness (QED) is 0.0167. The van der Waals surface area contributed by atoms with Gasteiger partial charge in [0.05, 0.1) is 103 Å². The number of rotatable bonds is 37. The number of primary sulfonamides is 2. The van der Waals surface area contributed by atoms with Gasteiger partial charge in [0.1, 0.15) is 67.3 Å². The summed E-state index contributed by atoms with van der Waals surface area (Å²) in [6, 6.07) is 23.9. The number of thiazole rings is 2. The molecule has 9 rings (SSSR count). The van der Waals surface area contributed by atoms with Gasteiger partial charge in [0.2, 0.25) is 8.68 Å². The molecule has 92 heavy (non-hydrogen) atoms. The number of hydrogen-bond acceptors (Lipinski definition) is 25. The van der Waals surface area contributed by atoms with Crippen molar-refractivity contribution in [3.8, 4) is 23.0 Å².